The number of benzene rings is 1. The van der Waals surface area contributed by atoms with Crippen molar-refractivity contribution in [2.24, 2.45) is 0 Å². The summed E-state index contributed by atoms with van der Waals surface area (Å²) in [5.74, 6) is 1.16. The van der Waals surface area contributed by atoms with E-state index in [1.54, 1.807) is 28.9 Å². The maximum absolute atomic E-state index is 12.1. The molecule has 186 valence electrons. The fraction of sp³-hybridized carbons (Fsp3) is 0.308. The van der Waals surface area contributed by atoms with Crippen molar-refractivity contribution in [1.82, 2.24) is 24.5 Å². The van der Waals surface area contributed by atoms with E-state index in [9.17, 15) is 9.90 Å². The van der Waals surface area contributed by atoms with Gasteiger partial charge in [-0.1, -0.05) is 23.7 Å². The van der Waals surface area contributed by atoms with Crippen LogP contribution >= 0.6 is 11.6 Å². The summed E-state index contributed by atoms with van der Waals surface area (Å²) in [5.41, 5.74) is 4.17. The summed E-state index contributed by atoms with van der Waals surface area (Å²) >= 11 is 6.45. The summed E-state index contributed by atoms with van der Waals surface area (Å²) in [7, 11) is 1.63. The summed E-state index contributed by atoms with van der Waals surface area (Å²) in [6.45, 7) is 2.76. The molecule has 1 saturated heterocycles. The minimum Gasteiger partial charge on any atom is -0.495 e. The monoisotopic (exact) mass is 506 g/mol. The van der Waals surface area contributed by atoms with Gasteiger partial charge in [0.2, 0.25) is 5.95 Å². The van der Waals surface area contributed by atoms with E-state index in [1.165, 1.54) is 6.92 Å². The zero-order valence-corrected chi connectivity index (χ0v) is 20.8. The highest BCUT2D eigenvalue weighted by Crippen LogP contribution is 2.36. The molecule has 0 aliphatic carbocycles. The number of pyridine rings is 1. The Morgan fingerprint density at radius 2 is 2.03 bits per heavy atom. The van der Waals surface area contributed by atoms with E-state index in [0.717, 1.165) is 35.2 Å². The number of carbonyl (C=O) groups excluding carboxylic acids is 1. The second-order valence-corrected chi connectivity index (χ2v) is 9.25. The highest BCUT2D eigenvalue weighted by molar-refractivity contribution is 6.33. The molecule has 1 fully saturated rings. The number of piperidine rings is 1. The van der Waals surface area contributed by atoms with Crippen LogP contribution in [0.3, 0.4) is 0 Å². The number of rotatable bonds is 6. The Morgan fingerprint density at radius 3 is 2.78 bits per heavy atom. The van der Waals surface area contributed by atoms with Crippen molar-refractivity contribution in [2.75, 3.05) is 25.5 Å². The fourth-order valence-electron chi connectivity index (χ4n) is 4.62. The van der Waals surface area contributed by atoms with Gasteiger partial charge in [0.25, 0.3) is 5.91 Å². The number of hydrogen-bond acceptors (Lipinski definition) is 7. The quantitative estimate of drug-likeness (QED) is 0.402. The van der Waals surface area contributed by atoms with E-state index in [4.69, 9.17) is 16.3 Å². The number of nitrogens with one attached hydrogen (secondary N) is 1. The molecule has 0 saturated carbocycles. The van der Waals surface area contributed by atoms with E-state index in [2.05, 4.69) is 26.4 Å². The zero-order chi connectivity index (χ0) is 25.2. The standard InChI is InChI=1S/C26H27ClN6O3/c1-16(34)25(35)32-11-8-17(9-12-32)18-6-7-21(23(13-18)36-2)30-26-28-15-20(27)24(31-26)19-14-29-33-10-4-3-5-22(19)33/h3-7,10,13-17,34H,8-9,11-12H2,1-2H3,(H,28,30,31)/t16-/m0/s1. The fourth-order valence-corrected chi connectivity index (χ4v) is 4.81. The third kappa shape index (κ3) is 4.72. The number of hydrogen-bond donors (Lipinski definition) is 2. The summed E-state index contributed by atoms with van der Waals surface area (Å²) in [4.78, 5) is 22.8. The topological polar surface area (TPSA) is 105 Å². The van der Waals surface area contributed by atoms with Gasteiger partial charge in [-0.15, -0.1) is 0 Å². The molecule has 0 radical (unpaired) electrons. The average Bonchev–Trinajstić information content (AvgIpc) is 3.33. The van der Waals surface area contributed by atoms with Crippen LogP contribution in [0.25, 0.3) is 16.8 Å². The van der Waals surface area contributed by atoms with Gasteiger partial charge in [0.05, 0.1) is 41.4 Å². The summed E-state index contributed by atoms with van der Waals surface area (Å²) in [6, 6.07) is 11.8. The molecule has 1 aliphatic rings. The zero-order valence-electron chi connectivity index (χ0n) is 20.1. The maximum Gasteiger partial charge on any atom is 0.251 e. The Hall–Kier alpha value is -3.69. The maximum atomic E-state index is 12.1. The number of aromatic nitrogens is 4. The Labute approximate surface area is 213 Å². The summed E-state index contributed by atoms with van der Waals surface area (Å²) in [5, 5.41) is 17.6. The van der Waals surface area contributed by atoms with Gasteiger partial charge in [-0.3, -0.25) is 4.79 Å². The van der Waals surface area contributed by atoms with E-state index < -0.39 is 6.10 Å². The van der Waals surface area contributed by atoms with Crippen LogP contribution in [-0.4, -0.2) is 61.8 Å². The SMILES string of the molecule is COc1cc(C2CCN(C(=O)[C@H](C)O)CC2)ccc1Nc1ncc(Cl)c(-c2cnn3ccccc23)n1. The molecular formula is C26H27ClN6O3. The van der Waals surface area contributed by atoms with Gasteiger partial charge in [0.1, 0.15) is 11.9 Å². The molecule has 36 heavy (non-hydrogen) atoms. The van der Waals surface area contributed by atoms with Gasteiger partial charge in [0, 0.05) is 24.8 Å². The molecular weight excluding hydrogens is 480 g/mol. The van der Waals surface area contributed by atoms with Crippen LogP contribution in [0.1, 0.15) is 31.2 Å². The summed E-state index contributed by atoms with van der Waals surface area (Å²) in [6.07, 6.45) is 5.88. The van der Waals surface area contributed by atoms with E-state index in [1.807, 2.05) is 36.5 Å². The number of aliphatic hydroxyl groups excluding tert-OH is 1. The first-order chi connectivity index (χ1) is 17.4. The summed E-state index contributed by atoms with van der Waals surface area (Å²) < 4.78 is 7.44. The van der Waals surface area contributed by atoms with E-state index >= 15 is 0 Å². The predicted octanol–water partition coefficient (Wildman–Crippen LogP) is 4.28. The van der Waals surface area contributed by atoms with Crippen LogP contribution in [0.2, 0.25) is 5.02 Å². The number of aliphatic hydroxyl groups is 1. The largest absolute Gasteiger partial charge is 0.495 e. The first kappa shape index (κ1) is 24.0. The Kier molecular flexibility index (Phi) is 6.75. The first-order valence-electron chi connectivity index (χ1n) is 11.8. The second kappa shape index (κ2) is 10.1. The van der Waals surface area contributed by atoms with Crippen molar-refractivity contribution in [3.05, 3.63) is 65.6 Å². The van der Waals surface area contributed by atoms with Gasteiger partial charge in [-0.2, -0.15) is 5.10 Å². The van der Waals surface area contributed by atoms with Crippen molar-refractivity contribution < 1.29 is 14.6 Å². The third-order valence-electron chi connectivity index (χ3n) is 6.53. The molecule has 4 aromatic rings. The van der Waals surface area contributed by atoms with Crippen molar-refractivity contribution in [3.8, 4) is 17.0 Å². The molecule has 5 rings (SSSR count). The highest BCUT2D eigenvalue weighted by atomic mass is 35.5. The number of halogens is 1. The minimum absolute atomic E-state index is 0.211. The molecule has 2 N–H and O–H groups in total. The molecule has 1 aliphatic heterocycles. The van der Waals surface area contributed by atoms with Crippen molar-refractivity contribution in [1.29, 1.82) is 0 Å². The minimum atomic E-state index is -0.963. The molecule has 1 atom stereocenters. The number of likely N-dealkylation sites (tertiary alicyclic amines) is 1. The lowest BCUT2D eigenvalue weighted by Gasteiger charge is -2.33. The number of anilines is 2. The predicted molar refractivity (Wildman–Crippen MR) is 138 cm³/mol. The molecule has 1 amide bonds. The lowest BCUT2D eigenvalue weighted by atomic mass is 9.89. The molecule has 0 bridgehead atoms. The van der Waals surface area contributed by atoms with Gasteiger partial charge in [0.15, 0.2) is 0 Å². The third-order valence-corrected chi connectivity index (χ3v) is 6.81. The molecule has 0 unspecified atom stereocenters. The van der Waals surface area contributed by atoms with E-state index in [-0.39, 0.29) is 5.91 Å². The molecule has 1 aromatic carbocycles. The smallest absolute Gasteiger partial charge is 0.251 e. The van der Waals surface area contributed by atoms with Gasteiger partial charge in [-0.05, 0) is 55.5 Å². The number of amides is 1. The van der Waals surface area contributed by atoms with Crippen LogP contribution in [-0.2, 0) is 4.79 Å². The first-order valence-corrected chi connectivity index (χ1v) is 12.2. The van der Waals surface area contributed by atoms with Crippen molar-refractivity contribution >= 4 is 34.7 Å². The number of carbonyl (C=O) groups is 1. The van der Waals surface area contributed by atoms with Crippen LogP contribution < -0.4 is 10.1 Å². The molecule has 4 heterocycles. The lowest BCUT2D eigenvalue weighted by molar-refractivity contribution is -0.140. The number of nitrogens with zero attached hydrogens (tertiary/aromatic N) is 5. The van der Waals surface area contributed by atoms with Gasteiger partial charge < -0.3 is 20.1 Å². The Morgan fingerprint density at radius 1 is 1.22 bits per heavy atom. The van der Waals surface area contributed by atoms with Crippen molar-refractivity contribution in [3.63, 3.8) is 0 Å². The van der Waals surface area contributed by atoms with Crippen LogP contribution in [0, 0.1) is 0 Å². The molecule has 0 spiro atoms. The normalized spacial score (nSPS) is 15.2. The van der Waals surface area contributed by atoms with Gasteiger partial charge in [-0.25, -0.2) is 14.5 Å². The Bertz CT molecular complexity index is 1400. The van der Waals surface area contributed by atoms with Crippen LogP contribution in [0.15, 0.2) is 55.0 Å². The highest BCUT2D eigenvalue weighted by Gasteiger charge is 2.26. The van der Waals surface area contributed by atoms with Crippen LogP contribution in [0.5, 0.6) is 5.75 Å². The Balaban J connectivity index is 1.35. The molecule has 3 aromatic heterocycles. The number of ether oxygens (including phenoxy) is 1. The number of fused-ring (bicyclic) bond motifs is 1. The molecule has 10 heteroatoms. The molecule has 9 nitrogen and oxygen atoms in total. The van der Waals surface area contributed by atoms with Crippen molar-refractivity contribution in [2.45, 2.75) is 31.8 Å². The number of methoxy groups -OCH3 is 1. The van der Waals surface area contributed by atoms with E-state index in [0.29, 0.717) is 41.4 Å². The van der Waals surface area contributed by atoms with Gasteiger partial charge >= 0.3 is 0 Å². The second-order valence-electron chi connectivity index (χ2n) is 8.84. The lowest BCUT2D eigenvalue weighted by Crippen LogP contribution is -2.42. The van der Waals surface area contributed by atoms with Crippen LogP contribution in [0.4, 0.5) is 11.6 Å². The average molecular weight is 507 g/mol.